The molecule has 2 aromatic rings. The van der Waals surface area contributed by atoms with Gasteiger partial charge in [0.15, 0.2) is 5.82 Å². The Bertz CT molecular complexity index is 602. The van der Waals surface area contributed by atoms with E-state index in [9.17, 15) is 4.39 Å². The van der Waals surface area contributed by atoms with Gasteiger partial charge in [0, 0.05) is 11.7 Å². The molecule has 3 rings (SSSR count). The third-order valence-corrected chi connectivity index (χ3v) is 2.95. The molecule has 0 amide bonds. The highest BCUT2D eigenvalue weighted by Gasteiger charge is 2.21. The summed E-state index contributed by atoms with van der Waals surface area (Å²) in [5.74, 6) is 0.553. The van der Waals surface area contributed by atoms with Crippen LogP contribution in [0.4, 0.5) is 21.8 Å². The van der Waals surface area contributed by atoms with Gasteiger partial charge in [-0.05, 0) is 31.0 Å². The standard InChI is InChI=1S/C12H11ClFN5/c13-9-5-8(3-4-10(9)14)17-12-18-11(6-15-19-12)16-7-1-2-7/h3-7H,1-2H2,(H2,16,17,18,19). The molecule has 98 valence electrons. The van der Waals surface area contributed by atoms with Crippen molar-refractivity contribution in [1.82, 2.24) is 15.2 Å². The zero-order valence-electron chi connectivity index (χ0n) is 9.90. The lowest BCUT2D eigenvalue weighted by Gasteiger charge is -2.07. The first-order valence-electron chi connectivity index (χ1n) is 5.89. The van der Waals surface area contributed by atoms with Crippen molar-refractivity contribution in [2.45, 2.75) is 18.9 Å². The second-order valence-electron chi connectivity index (χ2n) is 4.34. The molecule has 1 fully saturated rings. The topological polar surface area (TPSA) is 62.7 Å². The van der Waals surface area contributed by atoms with E-state index in [1.807, 2.05) is 0 Å². The zero-order chi connectivity index (χ0) is 13.2. The Morgan fingerprint density at radius 3 is 2.89 bits per heavy atom. The quantitative estimate of drug-likeness (QED) is 0.901. The van der Waals surface area contributed by atoms with Crippen LogP contribution in [0.1, 0.15) is 12.8 Å². The van der Waals surface area contributed by atoms with Gasteiger partial charge in [-0.3, -0.25) is 0 Å². The van der Waals surface area contributed by atoms with E-state index in [1.54, 1.807) is 12.3 Å². The number of aromatic nitrogens is 3. The van der Waals surface area contributed by atoms with E-state index in [0.29, 0.717) is 23.5 Å². The third kappa shape index (κ3) is 3.08. The van der Waals surface area contributed by atoms with Crippen LogP contribution in [0, 0.1) is 5.82 Å². The summed E-state index contributed by atoms with van der Waals surface area (Å²) in [6.45, 7) is 0. The molecule has 1 heterocycles. The molecule has 1 aliphatic carbocycles. The summed E-state index contributed by atoms with van der Waals surface area (Å²) >= 11 is 5.70. The number of nitrogens with one attached hydrogen (secondary N) is 2. The van der Waals surface area contributed by atoms with Crippen LogP contribution in [-0.2, 0) is 0 Å². The molecule has 0 atom stereocenters. The van der Waals surface area contributed by atoms with Gasteiger partial charge in [0.2, 0.25) is 5.95 Å². The van der Waals surface area contributed by atoms with E-state index in [4.69, 9.17) is 11.6 Å². The first kappa shape index (κ1) is 12.1. The van der Waals surface area contributed by atoms with Crippen LogP contribution in [0.5, 0.6) is 0 Å². The van der Waals surface area contributed by atoms with Crippen LogP contribution in [-0.4, -0.2) is 21.2 Å². The van der Waals surface area contributed by atoms with Gasteiger partial charge < -0.3 is 10.6 Å². The molecular weight excluding hydrogens is 269 g/mol. The average molecular weight is 280 g/mol. The molecule has 0 spiro atoms. The predicted molar refractivity (Wildman–Crippen MR) is 71.2 cm³/mol. The van der Waals surface area contributed by atoms with Crippen LogP contribution >= 0.6 is 11.6 Å². The fourth-order valence-corrected chi connectivity index (χ4v) is 1.75. The molecule has 0 bridgehead atoms. The summed E-state index contributed by atoms with van der Waals surface area (Å²) < 4.78 is 13.0. The molecule has 7 heteroatoms. The van der Waals surface area contributed by atoms with E-state index in [0.717, 1.165) is 12.8 Å². The first-order chi connectivity index (χ1) is 9.20. The van der Waals surface area contributed by atoms with Crippen LogP contribution in [0.25, 0.3) is 0 Å². The van der Waals surface area contributed by atoms with Crippen molar-refractivity contribution in [1.29, 1.82) is 0 Å². The van der Waals surface area contributed by atoms with Gasteiger partial charge in [0.1, 0.15) is 5.82 Å². The van der Waals surface area contributed by atoms with Gasteiger partial charge in [-0.2, -0.15) is 10.1 Å². The lowest BCUT2D eigenvalue weighted by Crippen LogP contribution is -2.06. The Labute approximate surface area is 114 Å². The summed E-state index contributed by atoms with van der Waals surface area (Å²) in [4.78, 5) is 4.27. The highest BCUT2D eigenvalue weighted by atomic mass is 35.5. The molecule has 0 saturated heterocycles. The Balaban J connectivity index is 1.75. The number of nitrogens with zero attached hydrogens (tertiary/aromatic N) is 3. The summed E-state index contributed by atoms with van der Waals surface area (Å²) in [7, 11) is 0. The van der Waals surface area contributed by atoms with Crippen LogP contribution in [0.15, 0.2) is 24.4 Å². The summed E-state index contributed by atoms with van der Waals surface area (Å²) in [6.07, 6.45) is 3.88. The number of rotatable bonds is 4. The molecule has 0 radical (unpaired) electrons. The highest BCUT2D eigenvalue weighted by Crippen LogP contribution is 2.24. The maximum atomic E-state index is 13.0. The fraction of sp³-hybridized carbons (Fsp3) is 0.250. The normalized spacial score (nSPS) is 14.2. The molecular formula is C12H11ClFN5. The maximum absolute atomic E-state index is 13.0. The second-order valence-corrected chi connectivity index (χ2v) is 4.74. The van der Waals surface area contributed by atoms with Crippen molar-refractivity contribution in [3.05, 3.63) is 35.2 Å². The second kappa shape index (κ2) is 4.97. The summed E-state index contributed by atoms with van der Waals surface area (Å²) in [5, 5.41) is 13.9. The van der Waals surface area contributed by atoms with E-state index < -0.39 is 5.82 Å². The van der Waals surface area contributed by atoms with Crippen molar-refractivity contribution in [2.75, 3.05) is 10.6 Å². The number of hydrogen-bond acceptors (Lipinski definition) is 5. The third-order valence-electron chi connectivity index (χ3n) is 2.66. The predicted octanol–water partition coefficient (Wildman–Crippen LogP) is 2.98. The molecule has 1 saturated carbocycles. The van der Waals surface area contributed by atoms with Crippen molar-refractivity contribution >= 4 is 29.1 Å². The Morgan fingerprint density at radius 2 is 2.16 bits per heavy atom. The molecule has 5 nitrogen and oxygen atoms in total. The van der Waals surface area contributed by atoms with Gasteiger partial charge in [0.25, 0.3) is 0 Å². The van der Waals surface area contributed by atoms with Gasteiger partial charge in [-0.15, -0.1) is 5.10 Å². The number of anilines is 3. The van der Waals surface area contributed by atoms with E-state index in [2.05, 4.69) is 25.8 Å². The molecule has 0 aliphatic heterocycles. The van der Waals surface area contributed by atoms with Crippen molar-refractivity contribution in [2.24, 2.45) is 0 Å². The van der Waals surface area contributed by atoms with Crippen molar-refractivity contribution in [3.8, 4) is 0 Å². The number of halogens is 2. The van der Waals surface area contributed by atoms with Crippen molar-refractivity contribution < 1.29 is 4.39 Å². The molecule has 2 N–H and O–H groups in total. The highest BCUT2D eigenvalue weighted by molar-refractivity contribution is 6.31. The molecule has 0 unspecified atom stereocenters. The van der Waals surface area contributed by atoms with Gasteiger partial charge >= 0.3 is 0 Å². The number of benzene rings is 1. The molecule has 1 aromatic heterocycles. The first-order valence-corrected chi connectivity index (χ1v) is 6.27. The lowest BCUT2D eigenvalue weighted by molar-refractivity contribution is 0.628. The largest absolute Gasteiger partial charge is 0.366 e. The molecule has 1 aromatic carbocycles. The summed E-state index contributed by atoms with van der Waals surface area (Å²) in [5.41, 5.74) is 0.608. The van der Waals surface area contributed by atoms with Crippen LogP contribution in [0.3, 0.4) is 0 Å². The Morgan fingerprint density at radius 1 is 1.32 bits per heavy atom. The van der Waals surface area contributed by atoms with E-state index in [1.165, 1.54) is 12.1 Å². The lowest BCUT2D eigenvalue weighted by atomic mass is 10.3. The monoisotopic (exact) mass is 279 g/mol. The van der Waals surface area contributed by atoms with Crippen LogP contribution < -0.4 is 10.6 Å². The Kier molecular flexibility index (Phi) is 3.16. The SMILES string of the molecule is Fc1ccc(Nc2nncc(NC3CC3)n2)cc1Cl. The Hall–Kier alpha value is -1.95. The molecule has 19 heavy (non-hydrogen) atoms. The van der Waals surface area contributed by atoms with Gasteiger partial charge in [-0.25, -0.2) is 4.39 Å². The summed E-state index contributed by atoms with van der Waals surface area (Å²) in [6, 6.07) is 4.81. The van der Waals surface area contributed by atoms with E-state index in [-0.39, 0.29) is 5.02 Å². The fourth-order valence-electron chi connectivity index (χ4n) is 1.57. The molecule has 1 aliphatic rings. The van der Waals surface area contributed by atoms with E-state index >= 15 is 0 Å². The minimum absolute atomic E-state index is 0.0465. The van der Waals surface area contributed by atoms with Crippen molar-refractivity contribution in [3.63, 3.8) is 0 Å². The zero-order valence-corrected chi connectivity index (χ0v) is 10.7. The van der Waals surface area contributed by atoms with Gasteiger partial charge in [0.05, 0.1) is 11.2 Å². The minimum atomic E-state index is -0.463. The maximum Gasteiger partial charge on any atom is 0.249 e. The number of hydrogen-bond donors (Lipinski definition) is 2. The average Bonchev–Trinajstić information content (AvgIpc) is 3.18. The minimum Gasteiger partial charge on any atom is -0.366 e. The smallest absolute Gasteiger partial charge is 0.249 e. The van der Waals surface area contributed by atoms with Gasteiger partial charge in [-0.1, -0.05) is 11.6 Å². The van der Waals surface area contributed by atoms with Crippen LogP contribution in [0.2, 0.25) is 5.02 Å².